The highest BCUT2D eigenvalue weighted by molar-refractivity contribution is 7.80. The summed E-state index contributed by atoms with van der Waals surface area (Å²) in [6.07, 6.45) is 6.24. The van der Waals surface area contributed by atoms with Gasteiger partial charge in [-0.3, -0.25) is 0 Å². The van der Waals surface area contributed by atoms with E-state index in [1.165, 1.54) is 37.7 Å². The Balaban J connectivity index is 1.77. The van der Waals surface area contributed by atoms with E-state index < -0.39 is 0 Å². The molecule has 136 valence electrons. The quantitative estimate of drug-likeness (QED) is 0.717. The Morgan fingerprint density at radius 1 is 1.27 bits per heavy atom. The molecule has 1 aliphatic carbocycles. The van der Waals surface area contributed by atoms with Crippen LogP contribution in [0, 0.1) is 6.92 Å². The smallest absolute Gasteiger partial charge is 0.184 e. The maximum Gasteiger partial charge on any atom is 0.184 e. The largest absolute Gasteiger partial charge is 0.366 e. The van der Waals surface area contributed by atoms with Gasteiger partial charge in [-0.25, -0.2) is 0 Å². The summed E-state index contributed by atoms with van der Waals surface area (Å²) in [6.45, 7) is 2.82. The number of fused-ring (bicyclic) bond motifs is 3. The number of pyridine rings is 1. The molecule has 4 rings (SSSR count). The molecule has 1 saturated carbocycles. The van der Waals surface area contributed by atoms with Gasteiger partial charge in [-0.05, 0) is 60.6 Å². The molecule has 26 heavy (non-hydrogen) atoms. The first-order valence-electron chi connectivity index (χ1n) is 9.26. The molecule has 0 amide bonds. The van der Waals surface area contributed by atoms with E-state index in [1.54, 1.807) is 0 Å². The summed E-state index contributed by atoms with van der Waals surface area (Å²) < 4.78 is 1.84. The maximum absolute atomic E-state index is 5.63. The van der Waals surface area contributed by atoms with Crippen molar-refractivity contribution in [2.24, 2.45) is 0 Å². The minimum absolute atomic E-state index is 0.479. The average Bonchev–Trinajstić information content (AvgIpc) is 3.16. The molecule has 1 aliphatic rings. The predicted octanol–water partition coefficient (Wildman–Crippen LogP) is 3.22. The van der Waals surface area contributed by atoms with Gasteiger partial charge >= 0.3 is 0 Å². The van der Waals surface area contributed by atoms with Crippen LogP contribution >= 0.6 is 12.2 Å². The fourth-order valence-corrected chi connectivity index (χ4v) is 4.20. The van der Waals surface area contributed by atoms with Gasteiger partial charge in [-0.1, -0.05) is 30.9 Å². The molecule has 7 heteroatoms. The lowest BCUT2D eigenvalue weighted by atomic mass is 9.94. The van der Waals surface area contributed by atoms with Crippen LogP contribution in [-0.4, -0.2) is 43.1 Å². The van der Waals surface area contributed by atoms with Crippen molar-refractivity contribution in [1.82, 2.24) is 30.3 Å². The average molecular weight is 369 g/mol. The predicted molar refractivity (Wildman–Crippen MR) is 107 cm³/mol. The van der Waals surface area contributed by atoms with Gasteiger partial charge in [0.1, 0.15) is 0 Å². The van der Waals surface area contributed by atoms with Crippen LogP contribution in [0.1, 0.15) is 43.2 Å². The molecular weight excluding hydrogens is 344 g/mol. The number of thiocarbonyl (C=S) groups is 1. The van der Waals surface area contributed by atoms with Gasteiger partial charge in [-0.15, -0.1) is 5.10 Å². The van der Waals surface area contributed by atoms with Crippen LogP contribution in [-0.2, 0) is 6.54 Å². The number of benzene rings is 1. The summed E-state index contributed by atoms with van der Waals surface area (Å²) in [5.74, 6) is 0. The SMILES string of the molecule is CNC(=S)N(Cc1cc2cc(C)ccc2n2nnnc12)C1CCCCC1. The third-order valence-electron chi connectivity index (χ3n) is 5.33. The van der Waals surface area contributed by atoms with Crippen molar-refractivity contribution < 1.29 is 0 Å². The molecule has 0 atom stereocenters. The van der Waals surface area contributed by atoms with Crippen LogP contribution in [0.5, 0.6) is 0 Å². The first-order valence-corrected chi connectivity index (χ1v) is 9.67. The highest BCUT2D eigenvalue weighted by Crippen LogP contribution is 2.27. The van der Waals surface area contributed by atoms with Crippen LogP contribution in [0.3, 0.4) is 0 Å². The number of hydrogen-bond acceptors (Lipinski definition) is 4. The van der Waals surface area contributed by atoms with Crippen LogP contribution in [0.25, 0.3) is 16.6 Å². The summed E-state index contributed by atoms with van der Waals surface area (Å²) in [7, 11) is 1.90. The molecule has 0 unspecified atom stereocenters. The molecule has 0 aliphatic heterocycles. The Hall–Kier alpha value is -2.28. The highest BCUT2D eigenvalue weighted by atomic mass is 32.1. The third kappa shape index (κ3) is 3.11. The zero-order valence-corrected chi connectivity index (χ0v) is 16.1. The second kappa shape index (κ2) is 7.15. The molecular formula is C19H24N6S. The second-order valence-corrected chi connectivity index (χ2v) is 7.51. The number of aryl methyl sites for hydroxylation is 1. The Morgan fingerprint density at radius 3 is 2.85 bits per heavy atom. The van der Waals surface area contributed by atoms with Crippen LogP contribution < -0.4 is 5.32 Å². The van der Waals surface area contributed by atoms with Crippen LogP contribution in [0.2, 0.25) is 0 Å². The van der Waals surface area contributed by atoms with E-state index in [0.29, 0.717) is 6.04 Å². The molecule has 0 spiro atoms. The van der Waals surface area contributed by atoms with Crippen LogP contribution in [0.4, 0.5) is 0 Å². The van der Waals surface area contributed by atoms with Gasteiger partial charge in [0.05, 0.1) is 5.52 Å². The van der Waals surface area contributed by atoms with Crippen molar-refractivity contribution in [3.05, 3.63) is 35.4 Å². The number of aromatic nitrogens is 4. The summed E-state index contributed by atoms with van der Waals surface area (Å²) in [5, 5.41) is 17.5. The Kier molecular flexibility index (Phi) is 4.72. The molecule has 2 aromatic heterocycles. The number of hydrogen-bond donors (Lipinski definition) is 1. The van der Waals surface area contributed by atoms with Gasteiger partial charge in [0, 0.05) is 30.6 Å². The lowest BCUT2D eigenvalue weighted by molar-refractivity contribution is 0.236. The van der Waals surface area contributed by atoms with Crippen molar-refractivity contribution in [3.63, 3.8) is 0 Å². The van der Waals surface area contributed by atoms with Crippen molar-refractivity contribution in [1.29, 1.82) is 0 Å². The van der Waals surface area contributed by atoms with Gasteiger partial charge in [-0.2, -0.15) is 4.52 Å². The van der Waals surface area contributed by atoms with Crippen molar-refractivity contribution in [3.8, 4) is 0 Å². The Morgan fingerprint density at radius 2 is 2.08 bits per heavy atom. The van der Waals surface area contributed by atoms with Gasteiger partial charge in [0.15, 0.2) is 10.8 Å². The van der Waals surface area contributed by atoms with Crippen molar-refractivity contribution in [2.75, 3.05) is 7.05 Å². The van der Waals surface area contributed by atoms with E-state index in [2.05, 4.69) is 56.9 Å². The Bertz CT molecular complexity index is 944. The van der Waals surface area contributed by atoms with E-state index in [9.17, 15) is 0 Å². The topological polar surface area (TPSA) is 58.4 Å². The first kappa shape index (κ1) is 17.1. The summed E-state index contributed by atoms with van der Waals surface area (Å²) in [6, 6.07) is 9.04. The fraction of sp³-hybridized carbons (Fsp3) is 0.474. The molecule has 1 aromatic carbocycles. The minimum Gasteiger partial charge on any atom is -0.366 e. The number of nitrogens with zero attached hydrogens (tertiary/aromatic N) is 5. The number of tetrazole rings is 1. The maximum atomic E-state index is 5.63. The van der Waals surface area contributed by atoms with Gasteiger partial charge < -0.3 is 10.2 Å². The van der Waals surface area contributed by atoms with Gasteiger partial charge in [0.25, 0.3) is 0 Å². The zero-order valence-electron chi connectivity index (χ0n) is 15.3. The molecule has 1 fully saturated rings. The molecule has 1 N–H and O–H groups in total. The molecule has 0 bridgehead atoms. The standard InChI is InChI=1S/C19H24N6S/c1-13-8-9-17-14(10-13)11-15(18-21-22-23-25(17)18)12-24(19(26)20-2)16-6-4-3-5-7-16/h8-11,16H,3-7,12H2,1-2H3,(H,20,26). The molecule has 0 saturated heterocycles. The van der Waals surface area contributed by atoms with E-state index in [0.717, 1.165) is 33.8 Å². The molecule has 3 aromatic rings. The molecule has 6 nitrogen and oxygen atoms in total. The highest BCUT2D eigenvalue weighted by Gasteiger charge is 2.24. The van der Waals surface area contributed by atoms with E-state index in [1.807, 2.05) is 11.6 Å². The summed E-state index contributed by atoms with van der Waals surface area (Å²) in [4.78, 5) is 2.32. The molecule has 2 heterocycles. The van der Waals surface area contributed by atoms with E-state index >= 15 is 0 Å². The normalized spacial score (nSPS) is 15.5. The summed E-state index contributed by atoms with van der Waals surface area (Å²) >= 11 is 5.63. The fourth-order valence-electron chi connectivity index (χ4n) is 3.99. The zero-order chi connectivity index (χ0) is 18.1. The lowest BCUT2D eigenvalue weighted by Crippen LogP contribution is -2.45. The molecule has 0 radical (unpaired) electrons. The third-order valence-corrected chi connectivity index (χ3v) is 5.77. The second-order valence-electron chi connectivity index (χ2n) is 7.12. The van der Waals surface area contributed by atoms with Crippen LogP contribution in [0.15, 0.2) is 24.3 Å². The number of rotatable bonds is 3. The minimum atomic E-state index is 0.479. The lowest BCUT2D eigenvalue weighted by Gasteiger charge is -2.36. The number of nitrogens with one attached hydrogen (secondary N) is 1. The summed E-state index contributed by atoms with van der Waals surface area (Å²) in [5.41, 5.74) is 4.17. The monoisotopic (exact) mass is 368 g/mol. The van der Waals surface area contributed by atoms with E-state index in [4.69, 9.17) is 12.2 Å². The Labute approximate surface area is 158 Å². The van der Waals surface area contributed by atoms with Crippen molar-refractivity contribution >= 4 is 33.9 Å². The van der Waals surface area contributed by atoms with Gasteiger partial charge in [0.2, 0.25) is 0 Å². The van der Waals surface area contributed by atoms with E-state index in [-0.39, 0.29) is 0 Å². The van der Waals surface area contributed by atoms with Crippen molar-refractivity contribution in [2.45, 2.75) is 51.6 Å². The first-order chi connectivity index (χ1) is 12.7.